The van der Waals surface area contributed by atoms with Gasteiger partial charge in [0.2, 0.25) is 5.91 Å². The van der Waals surface area contributed by atoms with Crippen LogP contribution in [0.1, 0.15) is 52.4 Å². The van der Waals surface area contributed by atoms with Crippen LogP contribution in [-0.2, 0) is 4.79 Å². The fourth-order valence-corrected chi connectivity index (χ4v) is 2.86. The minimum atomic E-state index is -0.127. The highest BCUT2D eigenvalue weighted by Gasteiger charge is 2.34. The molecule has 0 aromatic rings. The summed E-state index contributed by atoms with van der Waals surface area (Å²) < 4.78 is 0. The van der Waals surface area contributed by atoms with Gasteiger partial charge in [-0.3, -0.25) is 4.79 Å². The first-order valence-electron chi connectivity index (χ1n) is 6.22. The van der Waals surface area contributed by atoms with Crippen molar-refractivity contribution in [2.24, 2.45) is 11.3 Å². The van der Waals surface area contributed by atoms with Gasteiger partial charge in [0.1, 0.15) is 6.42 Å². The van der Waals surface area contributed by atoms with E-state index in [4.69, 9.17) is 5.26 Å². The molecule has 1 aliphatic rings. The average molecular weight is 222 g/mol. The number of nitrogens with one attached hydrogen (secondary N) is 1. The predicted molar refractivity (Wildman–Crippen MR) is 63.6 cm³/mol. The van der Waals surface area contributed by atoms with Crippen molar-refractivity contribution < 1.29 is 4.79 Å². The van der Waals surface area contributed by atoms with Crippen LogP contribution >= 0.6 is 0 Å². The lowest BCUT2D eigenvalue weighted by Crippen LogP contribution is -2.36. The highest BCUT2D eigenvalue weighted by Crippen LogP contribution is 2.42. The molecule has 0 radical (unpaired) electrons. The van der Waals surface area contributed by atoms with Gasteiger partial charge in [-0.2, -0.15) is 5.26 Å². The molecule has 0 atom stereocenters. The topological polar surface area (TPSA) is 52.9 Å². The number of carbonyl (C=O) groups excluding carboxylic acids is 1. The molecule has 0 aromatic heterocycles. The van der Waals surface area contributed by atoms with Crippen LogP contribution in [0.5, 0.6) is 0 Å². The van der Waals surface area contributed by atoms with Gasteiger partial charge in [-0.05, 0) is 30.6 Å². The molecule has 0 heterocycles. The Morgan fingerprint density at radius 2 is 2.06 bits per heavy atom. The molecule has 1 rings (SSSR count). The van der Waals surface area contributed by atoms with Gasteiger partial charge >= 0.3 is 0 Å². The second-order valence-electron chi connectivity index (χ2n) is 5.42. The molecule has 0 aromatic carbocycles. The van der Waals surface area contributed by atoms with E-state index in [0.29, 0.717) is 11.3 Å². The lowest BCUT2D eigenvalue weighted by atomic mass is 9.78. The van der Waals surface area contributed by atoms with Crippen molar-refractivity contribution in [3.63, 3.8) is 0 Å². The molecule has 0 bridgehead atoms. The van der Waals surface area contributed by atoms with Crippen molar-refractivity contribution in [1.29, 1.82) is 5.26 Å². The zero-order valence-electron chi connectivity index (χ0n) is 10.4. The maximum Gasteiger partial charge on any atom is 0.234 e. The molecule has 3 nitrogen and oxygen atoms in total. The van der Waals surface area contributed by atoms with Gasteiger partial charge in [0.25, 0.3) is 0 Å². The molecule has 1 N–H and O–H groups in total. The van der Waals surface area contributed by atoms with Crippen LogP contribution in [0.4, 0.5) is 0 Å². The summed E-state index contributed by atoms with van der Waals surface area (Å²) in [4.78, 5) is 11.3. The molecule has 1 amide bonds. The summed E-state index contributed by atoms with van der Waals surface area (Å²) in [7, 11) is 0. The third kappa shape index (κ3) is 3.84. The van der Waals surface area contributed by atoms with Crippen LogP contribution in [-0.4, -0.2) is 12.5 Å². The quantitative estimate of drug-likeness (QED) is 0.777. The standard InChI is InChI=1S/C13H22N2O/c1-11(2)9-13(6-3-4-7-13)10-15-12(16)5-8-14/h11H,3-7,9-10H2,1-2H3,(H,15,16). The first-order valence-corrected chi connectivity index (χ1v) is 6.22. The van der Waals surface area contributed by atoms with Crippen LogP contribution in [0.3, 0.4) is 0 Å². The molecule has 0 spiro atoms. The molecular weight excluding hydrogens is 200 g/mol. The first-order chi connectivity index (χ1) is 7.58. The normalized spacial score (nSPS) is 18.4. The number of amides is 1. The molecule has 16 heavy (non-hydrogen) atoms. The summed E-state index contributed by atoms with van der Waals surface area (Å²) in [6, 6.07) is 1.88. The number of hydrogen-bond acceptors (Lipinski definition) is 2. The van der Waals surface area contributed by atoms with E-state index in [1.54, 1.807) is 0 Å². The molecule has 3 heteroatoms. The minimum absolute atomic E-state index is 0.0161. The van der Waals surface area contributed by atoms with Gasteiger partial charge in [0, 0.05) is 6.54 Å². The lowest BCUT2D eigenvalue weighted by Gasteiger charge is -2.31. The largest absolute Gasteiger partial charge is 0.355 e. The number of rotatable bonds is 5. The van der Waals surface area contributed by atoms with E-state index in [-0.39, 0.29) is 12.3 Å². The average Bonchev–Trinajstić information content (AvgIpc) is 2.64. The third-order valence-electron chi connectivity index (χ3n) is 3.41. The smallest absolute Gasteiger partial charge is 0.234 e. The zero-order chi connectivity index (χ0) is 12.0. The first kappa shape index (κ1) is 13.0. The predicted octanol–water partition coefficient (Wildman–Crippen LogP) is 2.62. The van der Waals surface area contributed by atoms with Crippen molar-refractivity contribution >= 4 is 5.91 Å². The van der Waals surface area contributed by atoms with Crippen LogP contribution in [0.15, 0.2) is 0 Å². The third-order valence-corrected chi connectivity index (χ3v) is 3.41. The van der Waals surface area contributed by atoms with Gasteiger partial charge in [-0.1, -0.05) is 26.7 Å². The Bertz CT molecular complexity index is 272. The highest BCUT2D eigenvalue weighted by atomic mass is 16.1. The van der Waals surface area contributed by atoms with Gasteiger partial charge in [0.15, 0.2) is 0 Å². The van der Waals surface area contributed by atoms with E-state index in [1.807, 2.05) is 6.07 Å². The number of carbonyl (C=O) groups is 1. The Labute approximate surface area is 98.2 Å². The van der Waals surface area contributed by atoms with E-state index in [1.165, 1.54) is 32.1 Å². The molecule has 0 aliphatic heterocycles. The van der Waals surface area contributed by atoms with Crippen LogP contribution < -0.4 is 5.32 Å². The number of hydrogen-bond donors (Lipinski definition) is 1. The maximum atomic E-state index is 11.3. The Kier molecular flexibility index (Phi) is 4.79. The van der Waals surface area contributed by atoms with Gasteiger partial charge in [-0.25, -0.2) is 0 Å². The summed E-state index contributed by atoms with van der Waals surface area (Å²) in [5, 5.41) is 11.3. The fraction of sp³-hybridized carbons (Fsp3) is 0.846. The van der Waals surface area contributed by atoms with Gasteiger partial charge in [-0.15, -0.1) is 0 Å². The molecule has 90 valence electrons. The Morgan fingerprint density at radius 3 is 2.56 bits per heavy atom. The number of nitriles is 1. The fourth-order valence-electron chi connectivity index (χ4n) is 2.86. The summed E-state index contributed by atoms with van der Waals surface area (Å²) in [6.07, 6.45) is 6.16. The van der Waals surface area contributed by atoms with Crippen molar-refractivity contribution in [2.45, 2.75) is 52.4 Å². The highest BCUT2D eigenvalue weighted by molar-refractivity contribution is 5.77. The second kappa shape index (κ2) is 5.89. The Hall–Kier alpha value is -1.04. The van der Waals surface area contributed by atoms with Crippen molar-refractivity contribution in [1.82, 2.24) is 5.32 Å². The molecule has 1 fully saturated rings. The van der Waals surface area contributed by atoms with E-state index in [0.717, 1.165) is 6.54 Å². The van der Waals surface area contributed by atoms with E-state index in [2.05, 4.69) is 19.2 Å². The molecule has 1 aliphatic carbocycles. The molecule has 1 saturated carbocycles. The second-order valence-corrected chi connectivity index (χ2v) is 5.42. The SMILES string of the molecule is CC(C)CC1(CNC(=O)CC#N)CCCC1. The lowest BCUT2D eigenvalue weighted by molar-refractivity contribution is -0.120. The monoisotopic (exact) mass is 222 g/mol. The van der Waals surface area contributed by atoms with Crippen molar-refractivity contribution in [3.05, 3.63) is 0 Å². The zero-order valence-corrected chi connectivity index (χ0v) is 10.4. The summed E-state index contributed by atoms with van der Waals surface area (Å²) >= 11 is 0. The van der Waals surface area contributed by atoms with Gasteiger partial charge in [0.05, 0.1) is 6.07 Å². The number of nitrogens with zero attached hydrogens (tertiary/aromatic N) is 1. The van der Waals surface area contributed by atoms with Crippen LogP contribution in [0.2, 0.25) is 0 Å². The van der Waals surface area contributed by atoms with Crippen LogP contribution in [0, 0.1) is 22.7 Å². The maximum absolute atomic E-state index is 11.3. The molecule has 0 saturated heterocycles. The molecular formula is C13H22N2O. The van der Waals surface area contributed by atoms with Gasteiger partial charge < -0.3 is 5.32 Å². The molecule has 0 unspecified atom stereocenters. The van der Waals surface area contributed by atoms with E-state index < -0.39 is 0 Å². The van der Waals surface area contributed by atoms with E-state index in [9.17, 15) is 4.79 Å². The summed E-state index contributed by atoms with van der Waals surface area (Å²) in [5.41, 5.74) is 0.305. The summed E-state index contributed by atoms with van der Waals surface area (Å²) in [5.74, 6) is 0.545. The minimum Gasteiger partial charge on any atom is -0.355 e. The van der Waals surface area contributed by atoms with E-state index >= 15 is 0 Å². The van der Waals surface area contributed by atoms with Crippen molar-refractivity contribution in [3.8, 4) is 6.07 Å². The Morgan fingerprint density at radius 1 is 1.44 bits per heavy atom. The van der Waals surface area contributed by atoms with Crippen LogP contribution in [0.25, 0.3) is 0 Å². The Balaban J connectivity index is 2.45. The van der Waals surface area contributed by atoms with Crippen molar-refractivity contribution in [2.75, 3.05) is 6.54 Å². The summed E-state index contributed by atoms with van der Waals surface area (Å²) in [6.45, 7) is 5.22.